The second-order valence-electron chi connectivity index (χ2n) is 10.0. The van der Waals surface area contributed by atoms with Gasteiger partial charge in [-0.25, -0.2) is 0 Å². The molecule has 1 nitrogen and oxygen atoms in total. The standard InChI is InChI=1S/C35H34O/c1-25-26(2)28(4)33(27(25)3)34(29-17-9-5-10-18-29,30-19-11-6-12-20-30)35(36,31-21-13-7-14-22-31)32-23-15-8-16-24-32/h5-24,33,36H,1-4H3. The van der Waals surface area contributed by atoms with Crippen LogP contribution in [0.3, 0.4) is 0 Å². The summed E-state index contributed by atoms with van der Waals surface area (Å²) in [6.45, 7) is 8.94. The summed E-state index contributed by atoms with van der Waals surface area (Å²) >= 11 is 0. The smallest absolute Gasteiger partial charge is 0.129 e. The van der Waals surface area contributed by atoms with Gasteiger partial charge in [0.15, 0.2) is 0 Å². The summed E-state index contributed by atoms with van der Waals surface area (Å²) < 4.78 is 0. The Bertz CT molecular complexity index is 1290. The monoisotopic (exact) mass is 470 g/mol. The van der Waals surface area contributed by atoms with E-state index >= 15 is 0 Å². The van der Waals surface area contributed by atoms with E-state index < -0.39 is 11.0 Å². The fraction of sp³-hybridized carbons (Fsp3) is 0.200. The molecule has 4 aromatic carbocycles. The fourth-order valence-electron chi connectivity index (χ4n) is 6.51. The molecular formula is C35H34O. The first-order chi connectivity index (χ1) is 17.4. The minimum Gasteiger partial charge on any atom is -0.379 e. The number of benzene rings is 4. The molecule has 0 spiro atoms. The van der Waals surface area contributed by atoms with Crippen LogP contribution in [0.15, 0.2) is 144 Å². The molecule has 0 atom stereocenters. The van der Waals surface area contributed by atoms with Crippen LogP contribution in [0.2, 0.25) is 0 Å². The minimum absolute atomic E-state index is 0.0345. The van der Waals surface area contributed by atoms with E-state index in [9.17, 15) is 5.11 Å². The van der Waals surface area contributed by atoms with Crippen molar-refractivity contribution >= 4 is 0 Å². The van der Waals surface area contributed by atoms with Crippen molar-refractivity contribution in [3.05, 3.63) is 166 Å². The van der Waals surface area contributed by atoms with Crippen LogP contribution in [0, 0.1) is 5.92 Å². The molecule has 1 heteroatoms. The van der Waals surface area contributed by atoms with Crippen LogP contribution < -0.4 is 0 Å². The van der Waals surface area contributed by atoms with Gasteiger partial charge in [0.25, 0.3) is 0 Å². The maximum atomic E-state index is 13.6. The van der Waals surface area contributed by atoms with Crippen molar-refractivity contribution < 1.29 is 5.11 Å². The summed E-state index contributed by atoms with van der Waals surface area (Å²) in [5, 5.41) is 13.6. The first-order valence-electron chi connectivity index (χ1n) is 12.7. The Morgan fingerprint density at radius 2 is 0.722 bits per heavy atom. The highest BCUT2D eigenvalue weighted by Crippen LogP contribution is 2.61. The molecule has 0 unspecified atom stereocenters. The quantitative estimate of drug-likeness (QED) is 0.301. The molecule has 0 aliphatic heterocycles. The number of hydrogen-bond donors (Lipinski definition) is 1. The molecule has 0 heterocycles. The molecular weight excluding hydrogens is 436 g/mol. The molecule has 1 aliphatic carbocycles. The summed E-state index contributed by atoms with van der Waals surface area (Å²) in [7, 11) is 0. The first-order valence-corrected chi connectivity index (χ1v) is 12.7. The SMILES string of the molecule is CC1=C(C)C(C(c2ccccc2)(c2ccccc2)C(O)(c2ccccc2)c2ccccc2)C(C)=C1C. The predicted octanol–water partition coefficient (Wildman–Crippen LogP) is 8.21. The van der Waals surface area contributed by atoms with Crippen LogP contribution in [-0.4, -0.2) is 5.11 Å². The van der Waals surface area contributed by atoms with E-state index in [2.05, 4.69) is 113 Å². The third-order valence-corrected chi connectivity index (χ3v) is 8.46. The van der Waals surface area contributed by atoms with Crippen LogP contribution in [0.1, 0.15) is 49.9 Å². The third-order valence-electron chi connectivity index (χ3n) is 8.46. The van der Waals surface area contributed by atoms with Gasteiger partial charge in [-0.3, -0.25) is 0 Å². The van der Waals surface area contributed by atoms with Gasteiger partial charge in [0.1, 0.15) is 5.60 Å². The molecule has 0 fully saturated rings. The molecule has 0 saturated carbocycles. The summed E-state index contributed by atoms with van der Waals surface area (Å²) in [5.41, 5.74) is 7.01. The third kappa shape index (κ3) is 3.42. The van der Waals surface area contributed by atoms with Crippen LogP contribution >= 0.6 is 0 Å². The number of aliphatic hydroxyl groups is 1. The van der Waals surface area contributed by atoms with Gasteiger partial charge in [0.2, 0.25) is 0 Å². The lowest BCUT2D eigenvalue weighted by atomic mass is 9.51. The zero-order valence-electron chi connectivity index (χ0n) is 21.6. The lowest BCUT2D eigenvalue weighted by Gasteiger charge is -2.53. The Hall–Kier alpha value is -3.68. The highest BCUT2D eigenvalue weighted by Gasteiger charge is 2.60. The minimum atomic E-state index is -1.36. The number of rotatable bonds is 6. The average molecular weight is 471 g/mol. The molecule has 0 radical (unpaired) electrons. The Kier molecular flexibility index (Phi) is 6.28. The molecule has 0 amide bonds. The Morgan fingerprint density at radius 3 is 1.03 bits per heavy atom. The van der Waals surface area contributed by atoms with Gasteiger partial charge in [-0.05, 0) is 61.1 Å². The van der Waals surface area contributed by atoms with Crippen LogP contribution in [0.5, 0.6) is 0 Å². The van der Waals surface area contributed by atoms with E-state index in [4.69, 9.17) is 0 Å². The molecule has 4 aromatic rings. The van der Waals surface area contributed by atoms with E-state index in [0.717, 1.165) is 22.3 Å². The Balaban J connectivity index is 2.03. The summed E-state index contributed by atoms with van der Waals surface area (Å²) in [6.07, 6.45) is 0. The molecule has 0 bridgehead atoms. The van der Waals surface area contributed by atoms with Gasteiger partial charge in [0.05, 0.1) is 5.41 Å². The van der Waals surface area contributed by atoms with Crippen molar-refractivity contribution in [3.8, 4) is 0 Å². The van der Waals surface area contributed by atoms with Crippen LogP contribution in [0.4, 0.5) is 0 Å². The predicted molar refractivity (Wildman–Crippen MR) is 150 cm³/mol. The molecule has 180 valence electrons. The van der Waals surface area contributed by atoms with Gasteiger partial charge >= 0.3 is 0 Å². The van der Waals surface area contributed by atoms with Gasteiger partial charge in [-0.15, -0.1) is 0 Å². The van der Waals surface area contributed by atoms with Crippen molar-refractivity contribution in [2.75, 3.05) is 0 Å². The van der Waals surface area contributed by atoms with Gasteiger partial charge in [0, 0.05) is 5.92 Å². The molecule has 0 saturated heterocycles. The molecule has 36 heavy (non-hydrogen) atoms. The lowest BCUT2D eigenvalue weighted by molar-refractivity contribution is -0.00494. The first kappa shape index (κ1) is 24.0. The van der Waals surface area contributed by atoms with Crippen molar-refractivity contribution in [2.24, 2.45) is 5.92 Å². The van der Waals surface area contributed by atoms with Crippen LogP contribution in [-0.2, 0) is 11.0 Å². The maximum Gasteiger partial charge on any atom is 0.129 e. The molecule has 5 rings (SSSR count). The van der Waals surface area contributed by atoms with Crippen molar-refractivity contribution in [2.45, 2.75) is 38.7 Å². The van der Waals surface area contributed by atoms with Gasteiger partial charge in [-0.2, -0.15) is 0 Å². The van der Waals surface area contributed by atoms with E-state index in [1.54, 1.807) is 0 Å². The van der Waals surface area contributed by atoms with E-state index in [0.29, 0.717) is 0 Å². The van der Waals surface area contributed by atoms with E-state index in [-0.39, 0.29) is 5.92 Å². The maximum absolute atomic E-state index is 13.6. The van der Waals surface area contributed by atoms with Crippen LogP contribution in [0.25, 0.3) is 0 Å². The number of hydrogen-bond acceptors (Lipinski definition) is 1. The largest absolute Gasteiger partial charge is 0.379 e. The zero-order valence-corrected chi connectivity index (χ0v) is 21.6. The zero-order chi connectivity index (χ0) is 25.3. The lowest BCUT2D eigenvalue weighted by Crippen LogP contribution is -2.56. The molecule has 1 N–H and O–H groups in total. The van der Waals surface area contributed by atoms with Gasteiger partial charge < -0.3 is 5.11 Å². The molecule has 0 aromatic heterocycles. The topological polar surface area (TPSA) is 20.2 Å². The normalized spacial score (nSPS) is 15.0. The highest BCUT2D eigenvalue weighted by atomic mass is 16.3. The van der Waals surface area contributed by atoms with E-state index in [1.165, 1.54) is 22.3 Å². The number of allylic oxidation sites excluding steroid dienone is 4. The van der Waals surface area contributed by atoms with Crippen molar-refractivity contribution in [1.82, 2.24) is 0 Å². The fourth-order valence-corrected chi connectivity index (χ4v) is 6.51. The Labute approximate surface area is 215 Å². The summed E-state index contributed by atoms with van der Waals surface area (Å²) in [6, 6.07) is 41.7. The summed E-state index contributed by atoms with van der Waals surface area (Å²) in [4.78, 5) is 0. The highest BCUT2D eigenvalue weighted by molar-refractivity contribution is 5.61. The van der Waals surface area contributed by atoms with Gasteiger partial charge in [-0.1, -0.05) is 132 Å². The Morgan fingerprint density at radius 1 is 0.444 bits per heavy atom. The van der Waals surface area contributed by atoms with Crippen molar-refractivity contribution in [3.63, 3.8) is 0 Å². The molecule has 1 aliphatic rings. The summed E-state index contributed by atoms with van der Waals surface area (Å²) in [5.74, 6) is -0.0345. The van der Waals surface area contributed by atoms with Crippen molar-refractivity contribution in [1.29, 1.82) is 0 Å². The second-order valence-corrected chi connectivity index (χ2v) is 10.0. The average Bonchev–Trinajstić information content (AvgIpc) is 3.14. The van der Waals surface area contributed by atoms with E-state index in [1.807, 2.05) is 36.4 Å². The second kappa shape index (κ2) is 9.41.